The maximum absolute atomic E-state index is 11.1. The fourth-order valence-electron chi connectivity index (χ4n) is 7.36. The van der Waals surface area contributed by atoms with Gasteiger partial charge in [0.1, 0.15) is 6.10 Å². The van der Waals surface area contributed by atoms with Gasteiger partial charge in [0.2, 0.25) is 0 Å². The molecule has 0 aromatic heterocycles. The number of fused-ring (bicyclic) bond motifs is 2. The van der Waals surface area contributed by atoms with Crippen molar-refractivity contribution in [3.05, 3.63) is 0 Å². The lowest BCUT2D eigenvalue weighted by molar-refractivity contribution is -0.384. The van der Waals surface area contributed by atoms with E-state index >= 15 is 0 Å². The fraction of sp³-hybridized carbons (Fsp3) is 0.931. The maximum atomic E-state index is 11.1. The molecule has 0 radical (unpaired) electrons. The van der Waals surface area contributed by atoms with Gasteiger partial charge in [-0.15, -0.1) is 0 Å². The summed E-state index contributed by atoms with van der Waals surface area (Å²) in [5, 5.41) is 11.3. The van der Waals surface area contributed by atoms with Crippen LogP contribution < -0.4 is 0 Å². The normalized spacial score (nSPS) is 36.9. The molecular weight excluding hydrogens is 440 g/mol. The molecule has 1 aliphatic heterocycles. The highest BCUT2D eigenvalue weighted by Gasteiger charge is 2.75. The van der Waals surface area contributed by atoms with Gasteiger partial charge in [0.15, 0.2) is 14.1 Å². The predicted octanol–water partition coefficient (Wildman–Crippen LogP) is 6.53. The topological polar surface area (TPSA) is 47.9 Å². The minimum atomic E-state index is -1.94. The summed E-state index contributed by atoms with van der Waals surface area (Å²) in [7, 11) is -1.94. The number of rotatable bonds is 5. The van der Waals surface area contributed by atoms with Crippen LogP contribution in [0.3, 0.4) is 0 Å². The van der Waals surface area contributed by atoms with Crippen molar-refractivity contribution < 1.29 is 19.0 Å². The van der Waals surface area contributed by atoms with Gasteiger partial charge in [0.25, 0.3) is 0 Å². The summed E-state index contributed by atoms with van der Waals surface area (Å²) in [5.41, 5.74) is -0.0676. The average molecular weight is 491 g/mol. The van der Waals surface area contributed by atoms with E-state index < -0.39 is 14.1 Å². The molecule has 34 heavy (non-hydrogen) atoms. The third-order valence-electron chi connectivity index (χ3n) is 10.3. The quantitative estimate of drug-likeness (QED) is 0.352. The highest BCUT2D eigenvalue weighted by molar-refractivity contribution is 6.74. The monoisotopic (exact) mass is 490 g/mol. The first-order chi connectivity index (χ1) is 16.0. The van der Waals surface area contributed by atoms with Gasteiger partial charge in [0.05, 0.1) is 25.2 Å². The molecule has 0 bridgehead atoms. The largest absolute Gasteiger partial charge is 0.403 e. The van der Waals surface area contributed by atoms with Crippen LogP contribution in [-0.4, -0.2) is 44.6 Å². The Bertz CT molecular complexity index is 765. The van der Waals surface area contributed by atoms with Crippen LogP contribution in [0.2, 0.25) is 18.1 Å². The molecule has 1 spiro atoms. The van der Waals surface area contributed by atoms with Gasteiger partial charge in [-0.1, -0.05) is 78.6 Å². The summed E-state index contributed by atoms with van der Waals surface area (Å²) in [5.74, 6) is 8.13. The lowest BCUT2D eigenvalue weighted by Gasteiger charge is -2.68. The van der Waals surface area contributed by atoms with E-state index in [1.54, 1.807) is 0 Å². The molecule has 3 aliphatic carbocycles. The van der Waals surface area contributed by atoms with E-state index in [-0.39, 0.29) is 28.6 Å². The molecule has 3 saturated carbocycles. The van der Waals surface area contributed by atoms with Crippen LogP contribution in [-0.2, 0) is 13.9 Å². The van der Waals surface area contributed by atoms with Gasteiger partial charge in [0, 0.05) is 11.3 Å². The molecule has 4 aliphatic rings. The van der Waals surface area contributed by atoms with Crippen molar-refractivity contribution in [2.24, 2.45) is 29.1 Å². The first kappa shape index (κ1) is 26.7. The van der Waals surface area contributed by atoms with Gasteiger partial charge in [-0.25, -0.2) is 0 Å². The van der Waals surface area contributed by atoms with Gasteiger partial charge in [-0.3, -0.25) is 0 Å². The Morgan fingerprint density at radius 3 is 2.32 bits per heavy atom. The Morgan fingerprint density at radius 2 is 1.74 bits per heavy atom. The van der Waals surface area contributed by atoms with Crippen LogP contribution in [0.25, 0.3) is 0 Å². The molecule has 0 amide bonds. The van der Waals surface area contributed by atoms with Gasteiger partial charge < -0.3 is 19.0 Å². The lowest BCUT2D eigenvalue weighted by Crippen LogP contribution is -2.74. The number of aliphatic hydroxyl groups excluding tert-OH is 1. The second kappa shape index (κ2) is 9.82. The molecule has 1 saturated heterocycles. The Kier molecular flexibility index (Phi) is 7.71. The fourth-order valence-corrected chi connectivity index (χ4v) is 8.58. The van der Waals surface area contributed by atoms with Crippen molar-refractivity contribution in [2.75, 3.05) is 13.2 Å². The number of aliphatic hydroxyl groups is 1. The van der Waals surface area contributed by atoms with Crippen molar-refractivity contribution >= 4 is 8.32 Å². The second-order valence-electron chi connectivity index (χ2n) is 13.3. The van der Waals surface area contributed by atoms with E-state index in [4.69, 9.17) is 13.9 Å². The van der Waals surface area contributed by atoms with Gasteiger partial charge >= 0.3 is 0 Å². The summed E-state index contributed by atoms with van der Waals surface area (Å²) >= 11 is 0. The summed E-state index contributed by atoms with van der Waals surface area (Å²) in [6, 6.07) is 0. The molecule has 4 nitrogen and oxygen atoms in total. The Hall–Kier alpha value is -0.383. The standard InChI is InChI=1S/C29H50O4Si/c1-8-24-26-23(25(30)16-17-28(26,5)29(24)31-18-19-32-29)15-14-22(20-21-12-10-9-11-13-21)33-34(6,7)27(2,3)4/h21-26,30H,8-13,16-20H2,1-7H3/t22-,23-,24?,25+,26-,28-/m1/s1. The average Bonchev–Trinajstić information content (AvgIpc) is 3.29. The molecule has 1 heterocycles. The lowest BCUT2D eigenvalue weighted by atomic mass is 9.41. The summed E-state index contributed by atoms with van der Waals surface area (Å²) in [6.07, 6.45) is 10.0. The third-order valence-corrected chi connectivity index (χ3v) is 14.8. The van der Waals surface area contributed by atoms with E-state index in [2.05, 4.69) is 59.6 Å². The zero-order chi connectivity index (χ0) is 24.8. The minimum absolute atomic E-state index is 0.0287. The molecule has 0 aromatic rings. The van der Waals surface area contributed by atoms with Crippen molar-refractivity contribution in [1.29, 1.82) is 0 Å². The molecule has 1 N–H and O–H groups in total. The number of hydrogen-bond donors (Lipinski definition) is 1. The Morgan fingerprint density at radius 1 is 1.09 bits per heavy atom. The van der Waals surface area contributed by atoms with Gasteiger partial charge in [-0.05, 0) is 55.7 Å². The highest BCUT2D eigenvalue weighted by Crippen LogP contribution is 2.70. The van der Waals surface area contributed by atoms with Gasteiger partial charge in [-0.2, -0.15) is 0 Å². The van der Waals surface area contributed by atoms with Crippen LogP contribution >= 0.6 is 0 Å². The predicted molar refractivity (Wildman–Crippen MR) is 140 cm³/mol. The Labute approximate surface area is 210 Å². The van der Waals surface area contributed by atoms with E-state index in [0.29, 0.717) is 25.0 Å². The van der Waals surface area contributed by atoms with Crippen molar-refractivity contribution in [3.8, 4) is 11.8 Å². The Balaban J connectivity index is 1.58. The summed E-state index contributed by atoms with van der Waals surface area (Å²) < 4.78 is 19.5. The first-order valence-corrected chi connectivity index (χ1v) is 17.0. The SMILES string of the molecule is CCC1[C@H]2[C@H](C#C[C@H](CC3CCCCC3)O[Si](C)(C)C(C)(C)C)[C@@H](O)CC[C@@]2(C)C12OCCO2. The zero-order valence-corrected chi connectivity index (χ0v) is 23.9. The molecule has 6 atom stereocenters. The summed E-state index contributed by atoms with van der Waals surface area (Å²) in [4.78, 5) is 0. The molecule has 194 valence electrons. The minimum Gasteiger partial charge on any atom is -0.403 e. The van der Waals surface area contributed by atoms with E-state index in [1.807, 2.05) is 0 Å². The molecule has 5 heteroatoms. The third kappa shape index (κ3) is 4.56. The number of hydrogen-bond acceptors (Lipinski definition) is 4. The van der Waals surface area contributed by atoms with E-state index in [9.17, 15) is 5.11 Å². The molecule has 4 rings (SSSR count). The highest BCUT2D eigenvalue weighted by atomic mass is 28.4. The molecule has 1 unspecified atom stereocenters. The molecule has 4 fully saturated rings. The van der Waals surface area contributed by atoms with Crippen molar-refractivity contribution in [1.82, 2.24) is 0 Å². The van der Waals surface area contributed by atoms with Crippen LogP contribution in [0, 0.1) is 40.9 Å². The first-order valence-electron chi connectivity index (χ1n) is 14.1. The smallest absolute Gasteiger partial charge is 0.193 e. The number of ether oxygens (including phenoxy) is 2. The van der Waals surface area contributed by atoms with Crippen molar-refractivity contribution in [3.63, 3.8) is 0 Å². The maximum Gasteiger partial charge on any atom is 0.193 e. The zero-order valence-electron chi connectivity index (χ0n) is 22.9. The molecular formula is C29H50O4Si. The van der Waals surface area contributed by atoms with Crippen molar-refractivity contribution in [2.45, 2.75) is 129 Å². The molecule has 0 aromatic carbocycles. The van der Waals surface area contributed by atoms with Crippen LogP contribution in [0.15, 0.2) is 0 Å². The van der Waals surface area contributed by atoms with Crippen LogP contribution in [0.1, 0.15) is 92.4 Å². The summed E-state index contributed by atoms with van der Waals surface area (Å²) in [6.45, 7) is 17.5. The van der Waals surface area contributed by atoms with Crippen LogP contribution in [0.5, 0.6) is 0 Å². The van der Waals surface area contributed by atoms with E-state index in [0.717, 1.165) is 31.6 Å². The second-order valence-corrected chi connectivity index (χ2v) is 18.1. The van der Waals surface area contributed by atoms with Crippen LogP contribution in [0.4, 0.5) is 0 Å². The van der Waals surface area contributed by atoms with E-state index in [1.165, 1.54) is 32.1 Å².